The monoisotopic (exact) mass is 205 g/mol. The highest BCUT2D eigenvalue weighted by Gasteiger charge is 2.23. The largest absolute Gasteiger partial charge is 0.350 e. The fourth-order valence-corrected chi connectivity index (χ4v) is 1.90. The second-order valence-corrected chi connectivity index (χ2v) is 3.65. The van der Waals surface area contributed by atoms with Crippen molar-refractivity contribution in [2.75, 3.05) is 18.1 Å². The Bertz CT molecular complexity index is 333. The van der Waals surface area contributed by atoms with Gasteiger partial charge in [-0.1, -0.05) is 18.2 Å². The molecule has 2 N–H and O–H groups in total. The smallest absolute Gasteiger partial charge is 0.334 e. The van der Waals surface area contributed by atoms with Crippen molar-refractivity contribution in [1.82, 2.24) is 5.01 Å². The summed E-state index contributed by atoms with van der Waals surface area (Å²) in [6.07, 6.45) is 2.24. The van der Waals surface area contributed by atoms with Crippen LogP contribution in [-0.4, -0.2) is 24.1 Å². The van der Waals surface area contributed by atoms with E-state index in [9.17, 15) is 4.79 Å². The number of anilines is 1. The molecule has 1 heterocycles. The third-order valence-corrected chi connectivity index (χ3v) is 2.57. The van der Waals surface area contributed by atoms with Crippen molar-refractivity contribution in [2.24, 2.45) is 5.73 Å². The summed E-state index contributed by atoms with van der Waals surface area (Å²) in [5, 5.41) is 3.56. The minimum atomic E-state index is -0.414. The minimum Gasteiger partial charge on any atom is -0.350 e. The van der Waals surface area contributed by atoms with Gasteiger partial charge in [0.1, 0.15) is 0 Å². The number of urea groups is 1. The number of rotatable bonds is 2. The lowest BCUT2D eigenvalue weighted by Crippen LogP contribution is -2.48. The Morgan fingerprint density at radius 1 is 1.20 bits per heavy atom. The summed E-state index contributed by atoms with van der Waals surface area (Å²) in [6, 6.07) is 9.10. The second-order valence-electron chi connectivity index (χ2n) is 3.65. The van der Waals surface area contributed by atoms with E-state index >= 15 is 0 Å². The zero-order valence-electron chi connectivity index (χ0n) is 8.60. The molecule has 1 aliphatic heterocycles. The number of carbonyl (C=O) groups excluding carboxylic acids is 1. The second kappa shape index (κ2) is 4.31. The van der Waals surface area contributed by atoms with E-state index in [2.05, 4.69) is 0 Å². The summed E-state index contributed by atoms with van der Waals surface area (Å²) in [7, 11) is 0. The molecule has 0 bridgehead atoms. The van der Waals surface area contributed by atoms with Crippen LogP contribution < -0.4 is 10.7 Å². The van der Waals surface area contributed by atoms with Gasteiger partial charge in [-0.05, 0) is 25.0 Å². The molecule has 4 heteroatoms. The highest BCUT2D eigenvalue weighted by Crippen LogP contribution is 2.19. The van der Waals surface area contributed by atoms with Gasteiger partial charge in [-0.3, -0.25) is 0 Å². The van der Waals surface area contributed by atoms with Gasteiger partial charge in [0.05, 0.1) is 5.69 Å². The molecule has 0 unspecified atom stereocenters. The highest BCUT2D eigenvalue weighted by atomic mass is 16.2. The van der Waals surface area contributed by atoms with Gasteiger partial charge in [0.25, 0.3) is 0 Å². The Morgan fingerprint density at radius 3 is 2.33 bits per heavy atom. The molecule has 0 aromatic heterocycles. The van der Waals surface area contributed by atoms with Crippen LogP contribution in [0.15, 0.2) is 30.3 Å². The van der Waals surface area contributed by atoms with Crippen LogP contribution in [0.25, 0.3) is 0 Å². The Morgan fingerprint density at radius 2 is 1.80 bits per heavy atom. The predicted molar refractivity (Wildman–Crippen MR) is 59.3 cm³/mol. The number of para-hydroxylation sites is 1. The first-order chi connectivity index (χ1) is 7.29. The van der Waals surface area contributed by atoms with Gasteiger partial charge in [0.15, 0.2) is 0 Å². The van der Waals surface area contributed by atoms with E-state index in [-0.39, 0.29) is 0 Å². The maximum Gasteiger partial charge on any atom is 0.334 e. The molecule has 1 fully saturated rings. The maximum atomic E-state index is 11.4. The molecule has 0 radical (unpaired) electrons. The Balaban J connectivity index is 2.23. The maximum absolute atomic E-state index is 11.4. The van der Waals surface area contributed by atoms with E-state index in [4.69, 9.17) is 5.73 Å². The summed E-state index contributed by atoms with van der Waals surface area (Å²) >= 11 is 0. The molecule has 1 aliphatic rings. The molecule has 80 valence electrons. The summed E-state index contributed by atoms with van der Waals surface area (Å²) in [4.78, 5) is 11.4. The van der Waals surface area contributed by atoms with E-state index in [1.807, 2.05) is 35.3 Å². The first kappa shape index (κ1) is 9.98. The molecular formula is C11H15N3O. The quantitative estimate of drug-likeness (QED) is 0.797. The number of nitrogens with two attached hydrogens (primary N) is 1. The zero-order valence-corrected chi connectivity index (χ0v) is 8.60. The van der Waals surface area contributed by atoms with Gasteiger partial charge in [0, 0.05) is 13.1 Å². The molecule has 2 amide bonds. The number of carbonyl (C=O) groups is 1. The number of hydrogen-bond acceptors (Lipinski definition) is 2. The molecule has 2 rings (SSSR count). The van der Waals surface area contributed by atoms with E-state index in [1.165, 1.54) is 0 Å². The van der Waals surface area contributed by atoms with E-state index in [0.29, 0.717) is 0 Å². The number of hydrazine groups is 1. The first-order valence-electron chi connectivity index (χ1n) is 5.18. The lowest BCUT2D eigenvalue weighted by Gasteiger charge is -2.29. The standard InChI is InChI=1S/C11H15N3O/c12-11(15)14(13-8-4-5-9-13)10-6-2-1-3-7-10/h1-3,6-7H,4-5,8-9H2,(H2,12,15). The average molecular weight is 205 g/mol. The Hall–Kier alpha value is -1.55. The Labute approximate surface area is 89.2 Å². The van der Waals surface area contributed by atoms with Crippen molar-refractivity contribution >= 4 is 11.7 Å². The van der Waals surface area contributed by atoms with Crippen LogP contribution in [0.4, 0.5) is 10.5 Å². The van der Waals surface area contributed by atoms with Crippen LogP contribution >= 0.6 is 0 Å². The summed E-state index contributed by atoms with van der Waals surface area (Å²) in [6.45, 7) is 1.80. The molecule has 0 saturated carbocycles. The predicted octanol–water partition coefficient (Wildman–Crippen LogP) is 1.58. The lowest BCUT2D eigenvalue weighted by molar-refractivity contribution is 0.231. The molecule has 15 heavy (non-hydrogen) atoms. The van der Waals surface area contributed by atoms with Gasteiger partial charge in [-0.2, -0.15) is 0 Å². The molecule has 0 aliphatic carbocycles. The third-order valence-electron chi connectivity index (χ3n) is 2.57. The average Bonchev–Trinajstić information content (AvgIpc) is 2.72. The third kappa shape index (κ3) is 2.10. The van der Waals surface area contributed by atoms with Crippen molar-refractivity contribution in [3.63, 3.8) is 0 Å². The number of hydrogen-bond donors (Lipinski definition) is 1. The van der Waals surface area contributed by atoms with Gasteiger partial charge >= 0.3 is 6.03 Å². The van der Waals surface area contributed by atoms with Crippen molar-refractivity contribution in [3.05, 3.63) is 30.3 Å². The molecule has 4 nitrogen and oxygen atoms in total. The van der Waals surface area contributed by atoms with Crippen LogP contribution in [0.1, 0.15) is 12.8 Å². The van der Waals surface area contributed by atoms with Crippen LogP contribution in [0.3, 0.4) is 0 Å². The van der Waals surface area contributed by atoms with Crippen LogP contribution in [-0.2, 0) is 0 Å². The highest BCUT2D eigenvalue weighted by molar-refractivity contribution is 5.89. The molecule has 0 atom stereocenters. The van der Waals surface area contributed by atoms with Gasteiger partial charge in [0.2, 0.25) is 0 Å². The van der Waals surface area contributed by atoms with Gasteiger partial charge in [-0.25, -0.2) is 14.8 Å². The number of benzene rings is 1. The summed E-state index contributed by atoms with van der Waals surface area (Å²) in [5.74, 6) is 0. The van der Waals surface area contributed by atoms with E-state index in [0.717, 1.165) is 31.6 Å². The minimum absolute atomic E-state index is 0.414. The van der Waals surface area contributed by atoms with Gasteiger partial charge < -0.3 is 5.73 Å². The van der Waals surface area contributed by atoms with Crippen molar-refractivity contribution < 1.29 is 4.79 Å². The summed E-state index contributed by atoms with van der Waals surface area (Å²) in [5.41, 5.74) is 6.23. The number of primary amides is 1. The van der Waals surface area contributed by atoms with Gasteiger partial charge in [-0.15, -0.1) is 0 Å². The van der Waals surface area contributed by atoms with E-state index < -0.39 is 6.03 Å². The van der Waals surface area contributed by atoms with E-state index in [1.54, 1.807) is 5.01 Å². The van der Waals surface area contributed by atoms with Crippen molar-refractivity contribution in [3.8, 4) is 0 Å². The molecule has 1 saturated heterocycles. The van der Waals surface area contributed by atoms with Crippen LogP contribution in [0, 0.1) is 0 Å². The topological polar surface area (TPSA) is 49.6 Å². The zero-order chi connectivity index (χ0) is 10.7. The Kier molecular flexibility index (Phi) is 2.87. The fourth-order valence-electron chi connectivity index (χ4n) is 1.90. The number of nitrogens with zero attached hydrogens (tertiary/aromatic N) is 2. The molecule has 0 spiro atoms. The van der Waals surface area contributed by atoms with Crippen molar-refractivity contribution in [2.45, 2.75) is 12.8 Å². The molecular weight excluding hydrogens is 190 g/mol. The lowest BCUT2D eigenvalue weighted by atomic mass is 10.3. The SMILES string of the molecule is NC(=O)N(c1ccccc1)N1CCCC1. The molecule has 1 aromatic carbocycles. The molecule has 1 aromatic rings. The summed E-state index contributed by atoms with van der Waals surface area (Å²) < 4.78 is 0. The van der Waals surface area contributed by atoms with Crippen LogP contribution in [0.2, 0.25) is 0 Å². The fraction of sp³-hybridized carbons (Fsp3) is 0.364. The van der Waals surface area contributed by atoms with Crippen LogP contribution in [0.5, 0.6) is 0 Å². The first-order valence-corrected chi connectivity index (χ1v) is 5.18. The number of amides is 2. The normalized spacial score (nSPS) is 16.5. The van der Waals surface area contributed by atoms with Crippen molar-refractivity contribution in [1.29, 1.82) is 0 Å².